The predicted molar refractivity (Wildman–Crippen MR) is 113 cm³/mol. The van der Waals surface area contributed by atoms with Crippen molar-refractivity contribution in [3.05, 3.63) is 87.9 Å². The Morgan fingerprint density at radius 2 is 1.60 bits per heavy atom. The van der Waals surface area contributed by atoms with Crippen LogP contribution in [0.15, 0.2) is 81.2 Å². The van der Waals surface area contributed by atoms with Gasteiger partial charge in [0.05, 0.1) is 14.9 Å². The number of aromatic hydroxyl groups is 2. The van der Waals surface area contributed by atoms with Crippen LogP contribution in [0, 0.1) is 0 Å². The number of benzene rings is 3. The lowest BCUT2D eigenvalue weighted by Gasteiger charge is -2.12. The third-order valence-corrected chi connectivity index (χ3v) is 5.83. The average molecular weight is 491 g/mol. The van der Waals surface area contributed by atoms with E-state index in [1.165, 1.54) is 30.3 Å². The number of phenols is 2. The zero-order valence-electron chi connectivity index (χ0n) is 15.2. The van der Waals surface area contributed by atoms with Crippen LogP contribution in [0.3, 0.4) is 0 Å². The molecule has 3 rings (SSSR count). The lowest BCUT2D eigenvalue weighted by Crippen LogP contribution is -2.21. The molecule has 8 nitrogen and oxygen atoms in total. The van der Waals surface area contributed by atoms with E-state index >= 15 is 0 Å². The number of rotatable bonds is 6. The third kappa shape index (κ3) is 4.61. The fraction of sp³-hybridized carbons (Fsp3) is 0. The molecule has 0 fully saturated rings. The number of sulfonamides is 1. The van der Waals surface area contributed by atoms with Crippen molar-refractivity contribution in [3.8, 4) is 11.5 Å². The van der Waals surface area contributed by atoms with Gasteiger partial charge in [0.25, 0.3) is 10.0 Å². The minimum Gasteiger partial charge on any atom is -0.508 e. The minimum absolute atomic E-state index is 0.0441. The molecule has 0 aliphatic carbocycles. The number of nitrogens with zero attached hydrogens (tertiary/aromatic N) is 1. The lowest BCUT2D eigenvalue weighted by molar-refractivity contribution is 0.0696. The molecule has 0 heterocycles. The molecule has 3 aromatic carbocycles. The van der Waals surface area contributed by atoms with Gasteiger partial charge in [-0.2, -0.15) is 18.4 Å². The zero-order valence-corrected chi connectivity index (χ0v) is 17.6. The van der Waals surface area contributed by atoms with Crippen molar-refractivity contribution >= 4 is 37.6 Å². The van der Waals surface area contributed by atoms with Crippen molar-refractivity contribution in [2.24, 2.45) is 5.10 Å². The summed E-state index contributed by atoms with van der Waals surface area (Å²) < 4.78 is 25.5. The van der Waals surface area contributed by atoms with E-state index in [0.717, 1.165) is 6.07 Å². The fourth-order valence-electron chi connectivity index (χ4n) is 2.60. The SMILES string of the molecule is O=C(O)c1cccc(S(=O)(=O)N/N=C(/c2ccccc2)c2cc(O)cc(Br)c2O)c1. The van der Waals surface area contributed by atoms with E-state index in [1.54, 1.807) is 30.3 Å². The fourth-order valence-corrected chi connectivity index (χ4v) is 3.90. The molecule has 4 N–H and O–H groups in total. The van der Waals surface area contributed by atoms with Crippen molar-refractivity contribution < 1.29 is 28.5 Å². The Bertz CT molecular complexity index is 1240. The van der Waals surface area contributed by atoms with Gasteiger partial charge >= 0.3 is 5.97 Å². The molecule has 0 saturated heterocycles. The van der Waals surface area contributed by atoms with E-state index in [1.807, 2.05) is 0 Å². The monoisotopic (exact) mass is 490 g/mol. The number of hydrazone groups is 1. The highest BCUT2D eigenvalue weighted by Crippen LogP contribution is 2.33. The normalized spacial score (nSPS) is 11.8. The Balaban J connectivity index is 2.10. The number of carbonyl (C=O) groups is 1. The number of halogens is 1. The Kier molecular flexibility index (Phi) is 6.09. The highest BCUT2D eigenvalue weighted by Gasteiger charge is 2.19. The van der Waals surface area contributed by atoms with E-state index in [0.29, 0.717) is 5.56 Å². The van der Waals surface area contributed by atoms with Crippen LogP contribution in [0.1, 0.15) is 21.5 Å². The van der Waals surface area contributed by atoms with Gasteiger partial charge in [-0.15, -0.1) is 0 Å². The maximum absolute atomic E-state index is 12.7. The van der Waals surface area contributed by atoms with E-state index in [2.05, 4.69) is 25.9 Å². The first-order chi connectivity index (χ1) is 14.2. The standard InChI is InChI=1S/C20H15BrN2O6S/c21-17-11-14(24)10-16(19(17)25)18(12-5-2-1-3-6-12)22-23-30(28,29)15-8-4-7-13(9-15)20(26)27/h1-11,23-25H,(H,26,27)/b22-18-. The van der Waals surface area contributed by atoms with Gasteiger partial charge in [-0.25, -0.2) is 4.79 Å². The molecule has 0 atom stereocenters. The summed E-state index contributed by atoms with van der Waals surface area (Å²) in [4.78, 5) is 12.9. The van der Waals surface area contributed by atoms with Crippen LogP contribution in [0.4, 0.5) is 0 Å². The molecule has 0 aliphatic heterocycles. The van der Waals surface area contributed by atoms with Crippen molar-refractivity contribution in [3.63, 3.8) is 0 Å². The zero-order chi connectivity index (χ0) is 21.9. The van der Waals surface area contributed by atoms with Gasteiger partial charge in [0.2, 0.25) is 0 Å². The Morgan fingerprint density at radius 3 is 2.27 bits per heavy atom. The van der Waals surface area contributed by atoms with Crippen LogP contribution in [0.2, 0.25) is 0 Å². The van der Waals surface area contributed by atoms with Crippen LogP contribution >= 0.6 is 15.9 Å². The van der Waals surface area contributed by atoms with E-state index in [-0.39, 0.29) is 37.7 Å². The highest BCUT2D eigenvalue weighted by atomic mass is 79.9. The molecule has 0 aliphatic rings. The van der Waals surface area contributed by atoms with E-state index < -0.39 is 16.0 Å². The van der Waals surface area contributed by atoms with Crippen molar-refractivity contribution in [1.82, 2.24) is 4.83 Å². The summed E-state index contributed by atoms with van der Waals surface area (Å²) in [5.41, 5.74) is 0.393. The van der Waals surface area contributed by atoms with Gasteiger partial charge in [0.15, 0.2) is 0 Å². The molecular weight excluding hydrogens is 476 g/mol. The number of carboxylic acid groups (broad SMARTS) is 1. The number of aromatic carboxylic acids is 1. The average Bonchev–Trinajstić information content (AvgIpc) is 2.72. The second kappa shape index (κ2) is 8.56. The van der Waals surface area contributed by atoms with Gasteiger partial charge < -0.3 is 15.3 Å². The number of nitrogens with one attached hydrogen (secondary N) is 1. The predicted octanol–water partition coefficient (Wildman–Crippen LogP) is 3.29. The number of carboxylic acids is 1. The Labute approximate surface area is 180 Å². The van der Waals surface area contributed by atoms with Gasteiger partial charge in [0.1, 0.15) is 17.2 Å². The molecule has 0 saturated carbocycles. The molecular formula is C20H15BrN2O6S. The first-order valence-electron chi connectivity index (χ1n) is 8.39. The first-order valence-corrected chi connectivity index (χ1v) is 10.7. The van der Waals surface area contributed by atoms with Crippen LogP contribution < -0.4 is 4.83 Å². The molecule has 0 spiro atoms. The summed E-state index contributed by atoms with van der Waals surface area (Å²) in [6.07, 6.45) is 0. The quantitative estimate of drug-likeness (QED) is 0.237. The van der Waals surface area contributed by atoms with Gasteiger partial charge in [-0.05, 0) is 46.3 Å². The third-order valence-electron chi connectivity index (χ3n) is 4.02. The molecule has 30 heavy (non-hydrogen) atoms. The summed E-state index contributed by atoms with van der Waals surface area (Å²) in [5, 5.41) is 33.4. The molecule has 3 aromatic rings. The van der Waals surface area contributed by atoms with Crippen LogP contribution in [0.25, 0.3) is 0 Å². The largest absolute Gasteiger partial charge is 0.508 e. The second-order valence-electron chi connectivity index (χ2n) is 6.08. The second-order valence-corrected chi connectivity index (χ2v) is 8.59. The number of phenolic OH excluding ortho intramolecular Hbond substituents is 2. The smallest absolute Gasteiger partial charge is 0.335 e. The number of hydrogen-bond acceptors (Lipinski definition) is 6. The maximum atomic E-state index is 12.7. The van der Waals surface area contributed by atoms with Crippen molar-refractivity contribution in [1.29, 1.82) is 0 Å². The first kappa shape index (κ1) is 21.3. The molecule has 0 amide bonds. The van der Waals surface area contributed by atoms with E-state index in [9.17, 15) is 23.4 Å². The van der Waals surface area contributed by atoms with Gasteiger partial charge in [-0.1, -0.05) is 36.4 Å². The lowest BCUT2D eigenvalue weighted by atomic mass is 10.0. The molecule has 0 bridgehead atoms. The molecule has 0 unspecified atom stereocenters. The Morgan fingerprint density at radius 1 is 0.933 bits per heavy atom. The van der Waals surface area contributed by atoms with Crippen LogP contribution in [-0.4, -0.2) is 35.4 Å². The molecule has 10 heteroatoms. The van der Waals surface area contributed by atoms with Crippen molar-refractivity contribution in [2.75, 3.05) is 0 Å². The highest BCUT2D eigenvalue weighted by molar-refractivity contribution is 9.10. The summed E-state index contributed by atoms with van der Waals surface area (Å²) in [5.74, 6) is -1.69. The molecule has 154 valence electrons. The summed E-state index contributed by atoms with van der Waals surface area (Å²) in [6.45, 7) is 0. The van der Waals surface area contributed by atoms with Gasteiger partial charge in [0, 0.05) is 11.1 Å². The summed E-state index contributed by atoms with van der Waals surface area (Å²) >= 11 is 3.13. The van der Waals surface area contributed by atoms with E-state index in [4.69, 9.17) is 5.11 Å². The van der Waals surface area contributed by atoms with Crippen LogP contribution in [-0.2, 0) is 10.0 Å². The number of hydrogen-bond donors (Lipinski definition) is 4. The van der Waals surface area contributed by atoms with Crippen LogP contribution in [0.5, 0.6) is 11.5 Å². The van der Waals surface area contributed by atoms with Crippen molar-refractivity contribution in [2.45, 2.75) is 4.90 Å². The minimum atomic E-state index is -4.22. The molecule has 0 radical (unpaired) electrons. The maximum Gasteiger partial charge on any atom is 0.335 e. The summed E-state index contributed by atoms with van der Waals surface area (Å²) in [6, 6.07) is 15.8. The van der Waals surface area contributed by atoms with Gasteiger partial charge in [-0.3, -0.25) is 0 Å². The topological polar surface area (TPSA) is 136 Å². The molecule has 0 aromatic heterocycles. The Hall–Kier alpha value is -3.37. The summed E-state index contributed by atoms with van der Waals surface area (Å²) in [7, 11) is -4.22.